The van der Waals surface area contributed by atoms with E-state index in [0.717, 1.165) is 12.8 Å². The third-order valence-electron chi connectivity index (χ3n) is 4.45. The Bertz CT molecular complexity index is 560. The first-order chi connectivity index (χ1) is 9.59. The maximum Gasteiger partial charge on any atom is 0.337 e. The van der Waals surface area contributed by atoms with Crippen molar-refractivity contribution in [2.75, 3.05) is 5.32 Å². The molecule has 0 spiro atoms. The smallest absolute Gasteiger partial charge is 0.337 e. The predicted octanol–water partition coefficient (Wildman–Crippen LogP) is 3.52. The van der Waals surface area contributed by atoms with Crippen molar-refractivity contribution in [1.29, 1.82) is 0 Å². The summed E-state index contributed by atoms with van der Waals surface area (Å²) >= 11 is 3.31. The Morgan fingerprint density at radius 1 is 1.20 bits per heavy atom. The first-order valence-electron chi connectivity index (χ1n) is 6.92. The monoisotopic (exact) mass is 337 g/mol. The zero-order valence-electron chi connectivity index (χ0n) is 10.9. The number of fused-ring (bicyclic) bond motifs is 1. The number of nitrogens with one attached hydrogen (secondary N) is 1. The number of anilines is 1. The van der Waals surface area contributed by atoms with Crippen molar-refractivity contribution in [2.24, 2.45) is 17.8 Å². The fourth-order valence-corrected chi connectivity index (χ4v) is 3.88. The predicted molar refractivity (Wildman–Crippen MR) is 78.7 cm³/mol. The molecule has 2 aliphatic rings. The molecule has 5 heteroatoms. The van der Waals surface area contributed by atoms with Gasteiger partial charge in [-0.05, 0) is 52.7 Å². The molecule has 2 atom stereocenters. The second-order valence-electron chi connectivity index (χ2n) is 5.59. The summed E-state index contributed by atoms with van der Waals surface area (Å²) in [6.07, 6.45) is 4.68. The first-order valence-corrected chi connectivity index (χ1v) is 7.71. The standard InChI is InChI=1S/C15H16BrNO3/c16-11-7-3-6-10(15(19)20)13(11)17-14(18)12-8-4-1-2-5-9(8)12/h3,6-9,12H,1-2,4-5H2,(H,17,18)(H,19,20). The highest BCUT2D eigenvalue weighted by atomic mass is 79.9. The molecule has 3 rings (SSSR count). The lowest BCUT2D eigenvalue weighted by Gasteiger charge is -2.10. The first kappa shape index (κ1) is 13.6. The van der Waals surface area contributed by atoms with Gasteiger partial charge in [-0.1, -0.05) is 18.9 Å². The molecule has 0 aliphatic heterocycles. The van der Waals surface area contributed by atoms with Crippen molar-refractivity contribution in [3.05, 3.63) is 28.2 Å². The van der Waals surface area contributed by atoms with E-state index in [1.165, 1.54) is 18.9 Å². The van der Waals surface area contributed by atoms with Crippen molar-refractivity contribution in [3.63, 3.8) is 0 Å². The molecule has 20 heavy (non-hydrogen) atoms. The van der Waals surface area contributed by atoms with E-state index in [4.69, 9.17) is 0 Å². The third kappa shape index (κ3) is 2.35. The fourth-order valence-electron chi connectivity index (χ4n) is 3.42. The Hall–Kier alpha value is -1.36. The van der Waals surface area contributed by atoms with Crippen LogP contribution in [0.1, 0.15) is 36.0 Å². The van der Waals surface area contributed by atoms with Gasteiger partial charge in [-0.3, -0.25) is 4.79 Å². The van der Waals surface area contributed by atoms with Gasteiger partial charge >= 0.3 is 5.97 Å². The molecule has 0 aromatic heterocycles. The van der Waals surface area contributed by atoms with E-state index >= 15 is 0 Å². The summed E-state index contributed by atoms with van der Waals surface area (Å²) < 4.78 is 0.606. The summed E-state index contributed by atoms with van der Waals surface area (Å²) in [6, 6.07) is 4.89. The number of hydrogen-bond donors (Lipinski definition) is 2. The zero-order valence-corrected chi connectivity index (χ0v) is 12.5. The normalized spacial score (nSPS) is 27.6. The Morgan fingerprint density at radius 3 is 2.45 bits per heavy atom. The number of carbonyl (C=O) groups excluding carboxylic acids is 1. The van der Waals surface area contributed by atoms with Gasteiger partial charge in [0.2, 0.25) is 5.91 Å². The lowest BCUT2D eigenvalue weighted by molar-refractivity contribution is -0.117. The van der Waals surface area contributed by atoms with E-state index in [0.29, 0.717) is 22.0 Å². The van der Waals surface area contributed by atoms with E-state index in [1.807, 2.05) is 0 Å². The van der Waals surface area contributed by atoms with E-state index in [1.54, 1.807) is 12.1 Å². The molecule has 4 nitrogen and oxygen atoms in total. The highest BCUT2D eigenvalue weighted by molar-refractivity contribution is 9.10. The minimum atomic E-state index is -1.03. The summed E-state index contributed by atoms with van der Waals surface area (Å²) in [4.78, 5) is 23.6. The van der Waals surface area contributed by atoms with Gasteiger partial charge in [-0.2, -0.15) is 0 Å². The lowest BCUT2D eigenvalue weighted by atomic mass is 10.0. The average Bonchev–Trinajstić information content (AvgIpc) is 3.15. The third-order valence-corrected chi connectivity index (χ3v) is 5.11. The molecule has 106 valence electrons. The number of amides is 1. The molecule has 2 aliphatic carbocycles. The second kappa shape index (κ2) is 5.20. The summed E-state index contributed by atoms with van der Waals surface area (Å²) in [6.45, 7) is 0. The van der Waals surface area contributed by atoms with Crippen LogP contribution in [0.25, 0.3) is 0 Å². The van der Waals surface area contributed by atoms with Crippen LogP contribution in [0.15, 0.2) is 22.7 Å². The van der Waals surface area contributed by atoms with Crippen molar-refractivity contribution in [2.45, 2.75) is 25.7 Å². The van der Waals surface area contributed by atoms with Crippen LogP contribution in [-0.4, -0.2) is 17.0 Å². The van der Waals surface area contributed by atoms with Crippen molar-refractivity contribution >= 4 is 33.5 Å². The van der Waals surface area contributed by atoms with Crippen LogP contribution in [-0.2, 0) is 4.79 Å². The van der Waals surface area contributed by atoms with Gasteiger partial charge in [0.1, 0.15) is 0 Å². The van der Waals surface area contributed by atoms with Crippen LogP contribution < -0.4 is 5.32 Å². The quantitative estimate of drug-likeness (QED) is 0.886. The SMILES string of the molecule is O=C(O)c1cccc(Br)c1NC(=O)C1C2CCCCC21. The number of hydrogen-bond acceptors (Lipinski definition) is 2. The van der Waals surface area contributed by atoms with Crippen LogP contribution >= 0.6 is 15.9 Å². The van der Waals surface area contributed by atoms with Gasteiger partial charge < -0.3 is 10.4 Å². The van der Waals surface area contributed by atoms with E-state index < -0.39 is 5.97 Å². The Morgan fingerprint density at radius 2 is 1.85 bits per heavy atom. The number of carboxylic acids is 1. The molecule has 0 radical (unpaired) electrons. The number of aromatic carboxylic acids is 1. The molecule has 0 saturated heterocycles. The lowest BCUT2D eigenvalue weighted by Crippen LogP contribution is -2.18. The molecular formula is C15H16BrNO3. The average molecular weight is 338 g/mol. The number of benzene rings is 1. The maximum atomic E-state index is 12.3. The highest BCUT2D eigenvalue weighted by Gasteiger charge is 2.54. The molecule has 2 unspecified atom stereocenters. The molecule has 2 N–H and O–H groups in total. The van der Waals surface area contributed by atoms with Crippen LogP contribution in [0.5, 0.6) is 0 Å². The minimum Gasteiger partial charge on any atom is -0.478 e. The summed E-state index contributed by atoms with van der Waals surface area (Å²) in [5.74, 6) is 0.0383. The van der Waals surface area contributed by atoms with Crippen molar-refractivity contribution in [1.82, 2.24) is 0 Å². The van der Waals surface area contributed by atoms with Gasteiger partial charge in [0.25, 0.3) is 0 Å². The van der Waals surface area contributed by atoms with Gasteiger partial charge in [0.05, 0.1) is 11.3 Å². The second-order valence-corrected chi connectivity index (χ2v) is 6.45. The number of halogens is 1. The Labute approximate surface area is 125 Å². The molecule has 0 bridgehead atoms. The summed E-state index contributed by atoms with van der Waals surface area (Å²) in [5.41, 5.74) is 0.491. The maximum absolute atomic E-state index is 12.3. The van der Waals surface area contributed by atoms with Gasteiger partial charge in [-0.25, -0.2) is 4.79 Å². The van der Waals surface area contributed by atoms with E-state index in [2.05, 4.69) is 21.2 Å². The number of carboxylic acid groups (broad SMARTS) is 1. The largest absolute Gasteiger partial charge is 0.478 e. The van der Waals surface area contributed by atoms with Crippen molar-refractivity contribution < 1.29 is 14.7 Å². The zero-order chi connectivity index (χ0) is 14.3. The molecule has 1 aromatic carbocycles. The number of rotatable bonds is 3. The highest BCUT2D eigenvalue weighted by Crippen LogP contribution is 2.55. The van der Waals surface area contributed by atoms with E-state index in [-0.39, 0.29) is 17.4 Å². The van der Waals surface area contributed by atoms with Gasteiger partial charge in [-0.15, -0.1) is 0 Å². The molecule has 1 amide bonds. The fraction of sp³-hybridized carbons (Fsp3) is 0.467. The molecule has 2 saturated carbocycles. The van der Waals surface area contributed by atoms with Crippen LogP contribution in [0.2, 0.25) is 0 Å². The summed E-state index contributed by atoms with van der Waals surface area (Å²) in [5, 5.41) is 12.0. The summed E-state index contributed by atoms with van der Waals surface area (Å²) in [7, 11) is 0. The molecule has 0 heterocycles. The Kier molecular flexibility index (Phi) is 3.54. The van der Waals surface area contributed by atoms with Crippen molar-refractivity contribution in [3.8, 4) is 0 Å². The van der Waals surface area contributed by atoms with Crippen LogP contribution in [0.3, 0.4) is 0 Å². The number of carbonyl (C=O) groups is 2. The van der Waals surface area contributed by atoms with Gasteiger partial charge in [0, 0.05) is 10.4 Å². The number of para-hydroxylation sites is 1. The topological polar surface area (TPSA) is 66.4 Å². The minimum absolute atomic E-state index is 0.0312. The molecule has 2 fully saturated rings. The Balaban J connectivity index is 1.78. The molecular weight excluding hydrogens is 322 g/mol. The van der Waals surface area contributed by atoms with Crippen LogP contribution in [0.4, 0.5) is 5.69 Å². The van der Waals surface area contributed by atoms with Crippen LogP contribution in [0, 0.1) is 17.8 Å². The molecule has 1 aromatic rings. The van der Waals surface area contributed by atoms with E-state index in [9.17, 15) is 14.7 Å². The van der Waals surface area contributed by atoms with Gasteiger partial charge in [0.15, 0.2) is 0 Å².